The third kappa shape index (κ3) is 2.38. The number of hydrogen-bond donors (Lipinski definition) is 1. The summed E-state index contributed by atoms with van der Waals surface area (Å²) in [6, 6.07) is 4.95. The largest absolute Gasteiger partial charge is 0.416 e. The van der Waals surface area contributed by atoms with Crippen LogP contribution in [0.5, 0.6) is 0 Å². The summed E-state index contributed by atoms with van der Waals surface area (Å²) in [5, 5.41) is 1.63. The molecule has 5 heteroatoms. The molecule has 0 aliphatic rings. The average molecular weight is 204 g/mol. The van der Waals surface area contributed by atoms with Crippen molar-refractivity contribution >= 4 is 5.69 Å². The lowest BCUT2D eigenvalue weighted by Gasteiger charge is -2.17. The Morgan fingerprint density at radius 1 is 1.14 bits per heavy atom. The second-order valence-corrected chi connectivity index (χ2v) is 2.83. The van der Waals surface area contributed by atoms with Crippen LogP contribution < -0.4 is 10.4 Å². The molecule has 0 amide bonds. The summed E-state index contributed by atoms with van der Waals surface area (Å²) >= 11 is 0. The fraction of sp³-hybridized carbons (Fsp3) is 0.333. The lowest BCUT2D eigenvalue weighted by molar-refractivity contribution is -0.137. The van der Waals surface area contributed by atoms with Gasteiger partial charge in [-0.3, -0.25) is 0 Å². The quantitative estimate of drug-likeness (QED) is 0.743. The molecule has 1 N–H and O–H groups in total. The van der Waals surface area contributed by atoms with Crippen LogP contribution in [0.15, 0.2) is 24.3 Å². The van der Waals surface area contributed by atoms with Crippen LogP contribution in [-0.2, 0) is 6.18 Å². The van der Waals surface area contributed by atoms with Gasteiger partial charge in [0.2, 0.25) is 0 Å². The minimum absolute atomic E-state index is 0.634. The molecule has 0 fully saturated rings. The topological polar surface area (TPSA) is 15.3 Å². The van der Waals surface area contributed by atoms with E-state index >= 15 is 0 Å². The van der Waals surface area contributed by atoms with E-state index in [0.29, 0.717) is 5.69 Å². The maximum absolute atomic E-state index is 12.2. The van der Waals surface area contributed by atoms with Gasteiger partial charge >= 0.3 is 6.18 Å². The summed E-state index contributed by atoms with van der Waals surface area (Å²) in [7, 11) is 3.42. The maximum atomic E-state index is 12.2. The van der Waals surface area contributed by atoms with E-state index in [1.807, 2.05) is 0 Å². The number of rotatable bonds is 2. The van der Waals surface area contributed by atoms with Gasteiger partial charge in [0.25, 0.3) is 0 Å². The molecule has 0 aromatic heterocycles. The minimum Gasteiger partial charge on any atom is -0.312 e. The van der Waals surface area contributed by atoms with Gasteiger partial charge in [0.15, 0.2) is 0 Å². The third-order valence-corrected chi connectivity index (χ3v) is 1.92. The molecular weight excluding hydrogens is 193 g/mol. The second kappa shape index (κ2) is 3.88. The monoisotopic (exact) mass is 204 g/mol. The number of hydrazine groups is 1. The van der Waals surface area contributed by atoms with Gasteiger partial charge in [-0.15, -0.1) is 0 Å². The fourth-order valence-electron chi connectivity index (χ4n) is 1.00. The van der Waals surface area contributed by atoms with Crippen molar-refractivity contribution in [1.82, 2.24) is 5.43 Å². The van der Waals surface area contributed by atoms with E-state index in [4.69, 9.17) is 0 Å². The van der Waals surface area contributed by atoms with Crippen LogP contribution in [0.4, 0.5) is 18.9 Å². The highest BCUT2D eigenvalue weighted by molar-refractivity contribution is 5.46. The summed E-state index contributed by atoms with van der Waals surface area (Å²) in [6.07, 6.45) is -4.27. The maximum Gasteiger partial charge on any atom is 0.416 e. The molecule has 0 aliphatic heterocycles. The Labute approximate surface area is 80.3 Å². The summed E-state index contributed by atoms with van der Waals surface area (Å²) in [4.78, 5) is 0. The number of benzene rings is 1. The van der Waals surface area contributed by atoms with E-state index in [2.05, 4.69) is 5.43 Å². The molecule has 0 saturated carbocycles. The van der Waals surface area contributed by atoms with Gasteiger partial charge in [0.05, 0.1) is 11.3 Å². The van der Waals surface area contributed by atoms with Crippen LogP contribution in [0, 0.1) is 0 Å². The van der Waals surface area contributed by atoms with Crippen molar-refractivity contribution in [2.24, 2.45) is 0 Å². The molecule has 0 radical (unpaired) electrons. The smallest absolute Gasteiger partial charge is 0.312 e. The highest BCUT2D eigenvalue weighted by atomic mass is 19.4. The molecule has 0 bridgehead atoms. The number of nitrogens with one attached hydrogen (secondary N) is 1. The predicted octanol–water partition coefficient (Wildman–Crippen LogP) is 2.28. The molecule has 0 heterocycles. The number of nitrogens with zero attached hydrogens (tertiary/aromatic N) is 1. The van der Waals surface area contributed by atoms with Crippen molar-refractivity contribution in [3.05, 3.63) is 29.8 Å². The Morgan fingerprint density at radius 2 is 1.64 bits per heavy atom. The molecule has 2 nitrogen and oxygen atoms in total. The Kier molecular flexibility index (Phi) is 3.00. The standard InChI is InChI=1S/C9H11F3N2/c1-13-14(2)8-5-3-7(4-6-8)9(10,11)12/h3-6,13H,1-2H3. The molecular formula is C9H11F3N2. The van der Waals surface area contributed by atoms with E-state index in [9.17, 15) is 13.2 Å². The van der Waals surface area contributed by atoms with Gasteiger partial charge in [0, 0.05) is 14.1 Å². The normalized spacial score (nSPS) is 11.5. The molecule has 0 atom stereocenters. The van der Waals surface area contributed by atoms with Crippen LogP contribution in [0.1, 0.15) is 5.56 Å². The molecule has 0 unspecified atom stereocenters. The summed E-state index contributed by atoms with van der Waals surface area (Å²) in [5.41, 5.74) is 2.84. The summed E-state index contributed by atoms with van der Waals surface area (Å²) in [6.45, 7) is 0. The fourth-order valence-corrected chi connectivity index (χ4v) is 1.00. The van der Waals surface area contributed by atoms with Crippen molar-refractivity contribution in [1.29, 1.82) is 0 Å². The van der Waals surface area contributed by atoms with Gasteiger partial charge in [-0.05, 0) is 24.3 Å². The highest BCUT2D eigenvalue weighted by Crippen LogP contribution is 2.30. The zero-order valence-corrected chi connectivity index (χ0v) is 7.89. The molecule has 0 aliphatic carbocycles. The van der Waals surface area contributed by atoms with Crippen molar-refractivity contribution in [2.75, 3.05) is 19.1 Å². The Morgan fingerprint density at radius 3 is 2.00 bits per heavy atom. The summed E-state index contributed by atoms with van der Waals surface area (Å²) in [5.74, 6) is 0. The van der Waals surface area contributed by atoms with Crippen LogP contribution >= 0.6 is 0 Å². The molecule has 1 aromatic rings. The first-order chi connectivity index (χ1) is 6.45. The Hall–Kier alpha value is -1.23. The Balaban J connectivity index is 2.89. The van der Waals surface area contributed by atoms with Crippen LogP contribution in [-0.4, -0.2) is 14.1 Å². The molecule has 1 aromatic carbocycles. The highest BCUT2D eigenvalue weighted by Gasteiger charge is 2.29. The van der Waals surface area contributed by atoms with Crippen molar-refractivity contribution in [3.8, 4) is 0 Å². The zero-order chi connectivity index (χ0) is 10.8. The molecule has 78 valence electrons. The van der Waals surface area contributed by atoms with E-state index in [0.717, 1.165) is 12.1 Å². The van der Waals surface area contributed by atoms with Crippen molar-refractivity contribution in [3.63, 3.8) is 0 Å². The number of hydrogen-bond acceptors (Lipinski definition) is 2. The lowest BCUT2D eigenvalue weighted by Crippen LogP contribution is -2.30. The molecule has 1 rings (SSSR count). The van der Waals surface area contributed by atoms with Gasteiger partial charge in [0.1, 0.15) is 0 Å². The number of alkyl halides is 3. The van der Waals surface area contributed by atoms with Crippen LogP contribution in [0.2, 0.25) is 0 Å². The van der Waals surface area contributed by atoms with Gasteiger partial charge in [-0.1, -0.05) is 0 Å². The second-order valence-electron chi connectivity index (χ2n) is 2.83. The lowest BCUT2D eigenvalue weighted by atomic mass is 10.2. The SMILES string of the molecule is CNN(C)c1ccc(C(F)(F)F)cc1. The van der Waals surface area contributed by atoms with Gasteiger partial charge in [-0.25, -0.2) is 5.43 Å². The Bertz CT molecular complexity index is 292. The molecule has 0 spiro atoms. The first-order valence-electron chi connectivity index (χ1n) is 4.03. The molecule has 14 heavy (non-hydrogen) atoms. The van der Waals surface area contributed by atoms with E-state index in [1.54, 1.807) is 19.1 Å². The van der Waals surface area contributed by atoms with Crippen molar-refractivity contribution < 1.29 is 13.2 Å². The number of anilines is 1. The van der Waals surface area contributed by atoms with Crippen molar-refractivity contribution in [2.45, 2.75) is 6.18 Å². The van der Waals surface area contributed by atoms with Gasteiger partial charge < -0.3 is 5.01 Å². The minimum atomic E-state index is -4.27. The van der Waals surface area contributed by atoms with E-state index < -0.39 is 11.7 Å². The van der Waals surface area contributed by atoms with Gasteiger partial charge in [-0.2, -0.15) is 13.2 Å². The first-order valence-corrected chi connectivity index (χ1v) is 4.03. The first kappa shape index (κ1) is 10.8. The van der Waals surface area contributed by atoms with Crippen LogP contribution in [0.25, 0.3) is 0 Å². The van der Waals surface area contributed by atoms with E-state index in [1.165, 1.54) is 12.1 Å². The molecule has 0 saturated heterocycles. The third-order valence-electron chi connectivity index (χ3n) is 1.92. The van der Waals surface area contributed by atoms with Crippen LogP contribution in [0.3, 0.4) is 0 Å². The number of halogens is 3. The predicted molar refractivity (Wildman–Crippen MR) is 48.9 cm³/mol. The average Bonchev–Trinajstić information content (AvgIpc) is 2.15. The summed E-state index contributed by atoms with van der Waals surface area (Å²) < 4.78 is 36.5. The zero-order valence-electron chi connectivity index (χ0n) is 7.89. The van der Waals surface area contributed by atoms with E-state index in [-0.39, 0.29) is 0 Å².